The van der Waals surface area contributed by atoms with Crippen molar-refractivity contribution in [1.29, 1.82) is 0 Å². The van der Waals surface area contributed by atoms with Crippen LogP contribution < -0.4 is 15.4 Å². The maximum atomic E-state index is 13.4. The third-order valence-electron chi connectivity index (χ3n) is 6.45. The Bertz CT molecular complexity index is 1980. The van der Waals surface area contributed by atoms with E-state index in [4.69, 9.17) is 4.74 Å². The van der Waals surface area contributed by atoms with E-state index in [2.05, 4.69) is 60.1 Å². The Kier molecular flexibility index (Phi) is 9.85. The topological polar surface area (TPSA) is 135 Å². The lowest BCUT2D eigenvalue weighted by atomic mass is 10.1. The predicted molar refractivity (Wildman–Crippen MR) is 187 cm³/mol. The van der Waals surface area contributed by atoms with E-state index in [1.54, 1.807) is 75.4 Å². The summed E-state index contributed by atoms with van der Waals surface area (Å²) in [6, 6.07) is 22.9. The average molecular weight is 722 g/mol. The second kappa shape index (κ2) is 13.7. The van der Waals surface area contributed by atoms with Crippen LogP contribution in [0.15, 0.2) is 104 Å². The second-order valence-electron chi connectivity index (χ2n) is 11.6. The molecule has 10 nitrogen and oxygen atoms in total. The number of halogens is 1. The normalized spacial score (nSPS) is 11.8. The van der Waals surface area contributed by atoms with E-state index < -0.39 is 21.7 Å². The average Bonchev–Trinajstić information content (AvgIpc) is 2.99. The third-order valence-corrected chi connectivity index (χ3v) is 9.44. The number of hydrogen-bond donors (Lipinski definition) is 3. The maximum Gasteiger partial charge on any atom is 0.412 e. The number of amides is 1. The molecule has 2 aromatic heterocycles. The molecule has 0 saturated heterocycles. The van der Waals surface area contributed by atoms with Crippen LogP contribution in [0.5, 0.6) is 0 Å². The van der Waals surface area contributed by atoms with Gasteiger partial charge in [-0.15, -0.1) is 0 Å². The fraction of sp³-hybridized carbons (Fsp3) is 0.212. The van der Waals surface area contributed by atoms with Crippen molar-refractivity contribution in [3.63, 3.8) is 0 Å². The van der Waals surface area contributed by atoms with Gasteiger partial charge in [0.15, 0.2) is 5.65 Å². The molecule has 238 valence electrons. The van der Waals surface area contributed by atoms with Crippen LogP contribution in [0.1, 0.15) is 46.2 Å². The zero-order valence-electron chi connectivity index (χ0n) is 25.8. The number of anilines is 4. The second-order valence-corrected chi connectivity index (χ2v) is 15.3. The first-order valence-electron chi connectivity index (χ1n) is 14.3. The molecule has 5 aromatic rings. The standard InChI is InChI=1S/C33H33BrN6O4S2/c1-20(2)27-16-15-26-30(38-27)35-19-36-31(26)39-28-18-25(46(42,43)40-23-8-6-21(34)7-9-23)14-17-29(28)45-24-12-10-22(11-13-24)37-32(41)44-33(3,4)5/h6-20,40H,1-5H3,(H,37,41)(H,35,36,38,39). The van der Waals surface area contributed by atoms with Crippen molar-refractivity contribution in [1.82, 2.24) is 15.0 Å². The van der Waals surface area contributed by atoms with E-state index in [0.29, 0.717) is 33.9 Å². The van der Waals surface area contributed by atoms with Crippen LogP contribution in [-0.4, -0.2) is 35.1 Å². The fourth-order valence-electron chi connectivity index (χ4n) is 4.26. The molecule has 0 radical (unpaired) electrons. The maximum absolute atomic E-state index is 13.4. The molecule has 3 aromatic carbocycles. The quantitative estimate of drug-likeness (QED) is 0.136. The van der Waals surface area contributed by atoms with Gasteiger partial charge in [-0.25, -0.2) is 28.2 Å². The lowest BCUT2D eigenvalue weighted by Gasteiger charge is -2.19. The van der Waals surface area contributed by atoms with Gasteiger partial charge in [-0.1, -0.05) is 41.5 Å². The summed E-state index contributed by atoms with van der Waals surface area (Å²) in [5, 5.41) is 6.77. The lowest BCUT2D eigenvalue weighted by Crippen LogP contribution is -2.27. The summed E-state index contributed by atoms with van der Waals surface area (Å²) in [4.78, 5) is 27.4. The number of pyridine rings is 1. The molecule has 0 unspecified atom stereocenters. The van der Waals surface area contributed by atoms with Crippen molar-refractivity contribution >= 4 is 77.7 Å². The molecule has 0 atom stereocenters. The molecule has 1 amide bonds. The highest BCUT2D eigenvalue weighted by Crippen LogP contribution is 2.38. The Labute approximate surface area is 281 Å². The van der Waals surface area contributed by atoms with Crippen LogP contribution in [-0.2, 0) is 14.8 Å². The number of carbonyl (C=O) groups is 1. The summed E-state index contributed by atoms with van der Waals surface area (Å²) in [5.41, 5.74) is 2.37. The Morgan fingerprint density at radius 2 is 1.61 bits per heavy atom. The Morgan fingerprint density at radius 3 is 2.28 bits per heavy atom. The van der Waals surface area contributed by atoms with Crippen LogP contribution in [0, 0.1) is 0 Å². The Balaban J connectivity index is 1.47. The molecular weight excluding hydrogens is 688 g/mol. The summed E-state index contributed by atoms with van der Waals surface area (Å²) in [5.74, 6) is 0.714. The molecule has 3 N–H and O–H groups in total. The molecule has 0 aliphatic heterocycles. The van der Waals surface area contributed by atoms with Crippen molar-refractivity contribution in [3.8, 4) is 0 Å². The number of fused-ring (bicyclic) bond motifs is 1. The van der Waals surface area contributed by atoms with E-state index in [0.717, 1.165) is 20.0 Å². The minimum Gasteiger partial charge on any atom is -0.444 e. The summed E-state index contributed by atoms with van der Waals surface area (Å²) in [7, 11) is -3.93. The summed E-state index contributed by atoms with van der Waals surface area (Å²) >= 11 is 4.79. The molecule has 13 heteroatoms. The largest absolute Gasteiger partial charge is 0.444 e. The van der Waals surface area contributed by atoms with Gasteiger partial charge in [-0.3, -0.25) is 10.0 Å². The molecule has 0 spiro atoms. The number of nitrogens with one attached hydrogen (secondary N) is 3. The van der Waals surface area contributed by atoms with Gasteiger partial charge in [0.2, 0.25) is 0 Å². The van der Waals surface area contributed by atoms with Gasteiger partial charge in [0.05, 0.1) is 16.0 Å². The number of sulfonamides is 1. The van der Waals surface area contributed by atoms with Crippen molar-refractivity contribution in [2.24, 2.45) is 0 Å². The van der Waals surface area contributed by atoms with Crippen molar-refractivity contribution in [2.75, 3.05) is 15.4 Å². The van der Waals surface area contributed by atoms with Gasteiger partial charge in [0, 0.05) is 31.3 Å². The van der Waals surface area contributed by atoms with E-state index in [-0.39, 0.29) is 10.8 Å². The van der Waals surface area contributed by atoms with Crippen LogP contribution in [0.3, 0.4) is 0 Å². The first kappa shape index (κ1) is 33.2. The number of carbonyl (C=O) groups excluding carboxylic acids is 1. The van der Waals surface area contributed by atoms with Gasteiger partial charge in [-0.05, 0) is 106 Å². The molecule has 0 aliphatic rings. The van der Waals surface area contributed by atoms with Crippen molar-refractivity contribution in [3.05, 3.63) is 95.4 Å². The number of rotatable bonds is 9. The summed E-state index contributed by atoms with van der Waals surface area (Å²) < 4.78 is 35.7. The van der Waals surface area contributed by atoms with Crippen LogP contribution in [0.4, 0.5) is 27.7 Å². The number of aromatic nitrogens is 3. The Morgan fingerprint density at radius 1 is 0.913 bits per heavy atom. The van der Waals surface area contributed by atoms with Gasteiger partial charge < -0.3 is 10.1 Å². The number of nitrogens with zero attached hydrogens (tertiary/aromatic N) is 3. The first-order chi connectivity index (χ1) is 21.8. The highest BCUT2D eigenvalue weighted by Gasteiger charge is 2.19. The highest BCUT2D eigenvalue weighted by molar-refractivity contribution is 9.10. The van der Waals surface area contributed by atoms with Crippen molar-refractivity contribution < 1.29 is 17.9 Å². The van der Waals surface area contributed by atoms with Crippen molar-refractivity contribution in [2.45, 2.75) is 60.8 Å². The lowest BCUT2D eigenvalue weighted by molar-refractivity contribution is 0.0636. The molecule has 2 heterocycles. The fourth-order valence-corrected chi connectivity index (χ4v) is 6.49. The van der Waals surface area contributed by atoms with E-state index in [1.807, 2.05) is 24.3 Å². The van der Waals surface area contributed by atoms with Crippen LogP contribution in [0.25, 0.3) is 11.0 Å². The first-order valence-corrected chi connectivity index (χ1v) is 17.4. The molecular formula is C33H33BrN6O4S2. The van der Waals surface area contributed by atoms with Gasteiger partial charge >= 0.3 is 6.09 Å². The molecule has 0 bridgehead atoms. The summed E-state index contributed by atoms with van der Waals surface area (Å²) in [6.45, 7) is 9.53. The van der Waals surface area contributed by atoms with E-state index in [9.17, 15) is 13.2 Å². The van der Waals surface area contributed by atoms with Crippen LogP contribution >= 0.6 is 27.7 Å². The minimum absolute atomic E-state index is 0.0674. The van der Waals surface area contributed by atoms with E-state index >= 15 is 0 Å². The molecule has 0 fully saturated rings. The van der Waals surface area contributed by atoms with Crippen LogP contribution in [0.2, 0.25) is 0 Å². The minimum atomic E-state index is -3.93. The zero-order valence-corrected chi connectivity index (χ0v) is 29.0. The number of hydrogen-bond acceptors (Lipinski definition) is 9. The highest BCUT2D eigenvalue weighted by atomic mass is 79.9. The molecule has 5 rings (SSSR count). The smallest absolute Gasteiger partial charge is 0.412 e. The molecule has 46 heavy (non-hydrogen) atoms. The molecule has 0 saturated carbocycles. The van der Waals surface area contributed by atoms with Gasteiger partial charge in [0.25, 0.3) is 10.0 Å². The number of benzene rings is 3. The van der Waals surface area contributed by atoms with Gasteiger partial charge in [-0.2, -0.15) is 0 Å². The third kappa shape index (κ3) is 8.53. The monoisotopic (exact) mass is 720 g/mol. The number of ether oxygens (including phenoxy) is 1. The summed E-state index contributed by atoms with van der Waals surface area (Å²) in [6.07, 6.45) is 0.890. The Hall–Kier alpha value is -4.20. The van der Waals surface area contributed by atoms with Gasteiger partial charge in [0.1, 0.15) is 17.7 Å². The predicted octanol–water partition coefficient (Wildman–Crippen LogP) is 8.95. The SMILES string of the molecule is CC(C)c1ccc2c(Nc3cc(S(=O)(=O)Nc4ccc(Br)cc4)ccc3Sc3ccc(NC(=O)OC(C)(C)C)cc3)ncnc2n1. The molecule has 0 aliphatic carbocycles. The van der Waals surface area contributed by atoms with E-state index in [1.165, 1.54) is 18.1 Å². The zero-order chi connectivity index (χ0) is 33.1.